The van der Waals surface area contributed by atoms with Gasteiger partial charge in [-0.05, 0) is 48.4 Å². The van der Waals surface area contributed by atoms with E-state index in [0.29, 0.717) is 41.2 Å². The number of hydrogen-bond acceptors (Lipinski definition) is 4. The number of aromatic nitrogens is 1. The number of fused-ring (bicyclic) bond motifs is 2. The van der Waals surface area contributed by atoms with Crippen LogP contribution < -0.4 is 10.2 Å². The molecule has 2 heterocycles. The van der Waals surface area contributed by atoms with Gasteiger partial charge in [-0.1, -0.05) is 6.92 Å². The summed E-state index contributed by atoms with van der Waals surface area (Å²) in [4.78, 5) is 30.6. The zero-order chi connectivity index (χ0) is 18.3. The Kier molecular flexibility index (Phi) is 3.95. The van der Waals surface area contributed by atoms with Gasteiger partial charge >= 0.3 is 0 Å². The summed E-state index contributed by atoms with van der Waals surface area (Å²) >= 11 is 0. The minimum atomic E-state index is -0.187. The first kappa shape index (κ1) is 16.3. The lowest BCUT2D eigenvalue weighted by atomic mass is 10.1. The van der Waals surface area contributed by atoms with Crippen molar-refractivity contribution in [2.24, 2.45) is 0 Å². The maximum atomic E-state index is 12.6. The molecule has 1 N–H and O–H groups in total. The number of rotatable bonds is 3. The number of nitrogens with zero attached hydrogens (tertiary/aromatic N) is 2. The Labute approximate surface area is 150 Å². The lowest BCUT2D eigenvalue weighted by Gasteiger charge is -2.16. The van der Waals surface area contributed by atoms with E-state index in [0.717, 1.165) is 17.7 Å². The van der Waals surface area contributed by atoms with Crippen LogP contribution in [0.1, 0.15) is 35.2 Å². The molecule has 2 amide bonds. The number of amides is 2. The third-order valence-corrected chi connectivity index (χ3v) is 4.59. The average Bonchev–Trinajstić information content (AvgIpc) is 3.22. The van der Waals surface area contributed by atoms with Gasteiger partial charge < -0.3 is 14.6 Å². The molecule has 1 aromatic heterocycles. The fourth-order valence-corrected chi connectivity index (χ4v) is 3.32. The predicted octanol–water partition coefficient (Wildman–Crippen LogP) is 3.69. The van der Waals surface area contributed by atoms with Crippen LogP contribution in [0.5, 0.6) is 0 Å². The third kappa shape index (κ3) is 2.83. The van der Waals surface area contributed by atoms with Crippen molar-refractivity contribution in [3.8, 4) is 0 Å². The van der Waals surface area contributed by atoms with Crippen LogP contribution in [0.25, 0.3) is 11.1 Å². The van der Waals surface area contributed by atoms with Crippen LogP contribution in [0.3, 0.4) is 0 Å². The van der Waals surface area contributed by atoms with Gasteiger partial charge in [0, 0.05) is 36.8 Å². The Morgan fingerprint density at radius 1 is 1.23 bits per heavy atom. The molecule has 0 saturated heterocycles. The highest BCUT2D eigenvalue weighted by Gasteiger charge is 2.24. The van der Waals surface area contributed by atoms with Crippen LogP contribution in [-0.2, 0) is 11.2 Å². The molecule has 3 aromatic rings. The SMILES string of the molecule is CCC(=O)N1CCc2cc(C(=O)Nc3ccc4oc(C)nc4c3)ccc21. The number of carbonyl (C=O) groups excluding carboxylic acids is 2. The van der Waals surface area contributed by atoms with E-state index in [1.54, 1.807) is 36.1 Å². The van der Waals surface area contributed by atoms with E-state index < -0.39 is 0 Å². The van der Waals surface area contributed by atoms with Gasteiger partial charge in [-0.3, -0.25) is 9.59 Å². The van der Waals surface area contributed by atoms with Gasteiger partial charge in [0.25, 0.3) is 5.91 Å². The largest absolute Gasteiger partial charge is 0.441 e. The molecule has 0 unspecified atom stereocenters. The van der Waals surface area contributed by atoms with Gasteiger partial charge in [0.1, 0.15) is 5.52 Å². The molecule has 0 radical (unpaired) electrons. The standard InChI is InChI=1S/C20H19N3O3/c1-3-19(24)23-9-8-13-10-14(4-6-17(13)23)20(25)22-15-5-7-18-16(11-15)21-12(2)26-18/h4-7,10-11H,3,8-9H2,1-2H3,(H,22,25). The lowest BCUT2D eigenvalue weighted by molar-refractivity contribution is -0.118. The highest BCUT2D eigenvalue weighted by atomic mass is 16.3. The summed E-state index contributed by atoms with van der Waals surface area (Å²) in [5.41, 5.74) is 4.58. The van der Waals surface area contributed by atoms with Gasteiger partial charge in [-0.15, -0.1) is 0 Å². The summed E-state index contributed by atoms with van der Waals surface area (Å²) in [6, 6.07) is 10.9. The molecule has 0 spiro atoms. The molecule has 0 fully saturated rings. The Morgan fingerprint density at radius 2 is 2.08 bits per heavy atom. The summed E-state index contributed by atoms with van der Waals surface area (Å²) in [5, 5.41) is 2.89. The van der Waals surface area contributed by atoms with Crippen molar-refractivity contribution in [3.05, 3.63) is 53.4 Å². The number of carbonyl (C=O) groups is 2. The first-order valence-electron chi connectivity index (χ1n) is 8.67. The van der Waals surface area contributed by atoms with E-state index >= 15 is 0 Å². The second-order valence-electron chi connectivity index (χ2n) is 6.36. The highest BCUT2D eigenvalue weighted by molar-refractivity contribution is 6.06. The van der Waals surface area contributed by atoms with Gasteiger partial charge in [-0.2, -0.15) is 0 Å². The summed E-state index contributed by atoms with van der Waals surface area (Å²) in [5.74, 6) is 0.512. The average molecular weight is 349 g/mol. The minimum absolute atomic E-state index is 0.108. The molecular formula is C20H19N3O3. The Balaban J connectivity index is 1.55. The number of hydrogen-bond donors (Lipinski definition) is 1. The zero-order valence-corrected chi connectivity index (χ0v) is 14.7. The molecule has 6 heteroatoms. The monoisotopic (exact) mass is 349 g/mol. The van der Waals surface area contributed by atoms with Crippen molar-refractivity contribution in [3.63, 3.8) is 0 Å². The first-order chi connectivity index (χ1) is 12.5. The molecule has 0 bridgehead atoms. The van der Waals surface area contributed by atoms with E-state index in [9.17, 15) is 9.59 Å². The minimum Gasteiger partial charge on any atom is -0.441 e. The van der Waals surface area contributed by atoms with E-state index in [4.69, 9.17) is 4.42 Å². The van der Waals surface area contributed by atoms with Crippen molar-refractivity contribution >= 4 is 34.3 Å². The van der Waals surface area contributed by atoms with Gasteiger partial charge in [0.05, 0.1) is 0 Å². The normalized spacial score (nSPS) is 13.1. The predicted molar refractivity (Wildman–Crippen MR) is 99.5 cm³/mol. The molecule has 132 valence electrons. The van der Waals surface area contributed by atoms with Crippen LogP contribution in [-0.4, -0.2) is 23.3 Å². The Hall–Kier alpha value is -3.15. The number of nitrogens with one attached hydrogen (secondary N) is 1. The Morgan fingerprint density at radius 3 is 2.88 bits per heavy atom. The number of benzene rings is 2. The fraction of sp³-hybridized carbons (Fsp3) is 0.250. The molecule has 0 aliphatic carbocycles. The second-order valence-corrected chi connectivity index (χ2v) is 6.36. The molecular weight excluding hydrogens is 330 g/mol. The molecule has 6 nitrogen and oxygen atoms in total. The number of aryl methyl sites for hydroxylation is 1. The lowest BCUT2D eigenvalue weighted by Crippen LogP contribution is -2.27. The van der Waals surface area contributed by atoms with Gasteiger partial charge in [-0.25, -0.2) is 4.98 Å². The molecule has 0 atom stereocenters. The summed E-state index contributed by atoms with van der Waals surface area (Å²) in [6.07, 6.45) is 1.25. The molecule has 1 aliphatic heterocycles. The van der Waals surface area contributed by atoms with Crippen molar-refractivity contribution in [1.82, 2.24) is 4.98 Å². The van der Waals surface area contributed by atoms with Crippen LogP contribution in [0.15, 0.2) is 40.8 Å². The van der Waals surface area contributed by atoms with E-state index in [1.165, 1.54) is 0 Å². The summed E-state index contributed by atoms with van der Waals surface area (Å²) in [6.45, 7) is 4.32. The second kappa shape index (κ2) is 6.29. The molecule has 1 aliphatic rings. The summed E-state index contributed by atoms with van der Waals surface area (Å²) in [7, 11) is 0. The van der Waals surface area contributed by atoms with E-state index in [-0.39, 0.29) is 11.8 Å². The number of anilines is 2. The van der Waals surface area contributed by atoms with Crippen LogP contribution >= 0.6 is 0 Å². The molecule has 26 heavy (non-hydrogen) atoms. The molecule has 4 rings (SSSR count). The van der Waals surface area contributed by atoms with Crippen molar-refractivity contribution in [2.75, 3.05) is 16.8 Å². The maximum Gasteiger partial charge on any atom is 0.255 e. The smallest absolute Gasteiger partial charge is 0.255 e. The van der Waals surface area contributed by atoms with Crippen LogP contribution in [0.2, 0.25) is 0 Å². The van der Waals surface area contributed by atoms with Gasteiger partial charge in [0.2, 0.25) is 5.91 Å². The van der Waals surface area contributed by atoms with Crippen molar-refractivity contribution < 1.29 is 14.0 Å². The fourth-order valence-electron chi connectivity index (χ4n) is 3.32. The summed E-state index contributed by atoms with van der Waals surface area (Å²) < 4.78 is 5.45. The highest BCUT2D eigenvalue weighted by Crippen LogP contribution is 2.30. The van der Waals surface area contributed by atoms with E-state index in [1.807, 2.05) is 19.1 Å². The topological polar surface area (TPSA) is 75.4 Å². The van der Waals surface area contributed by atoms with Crippen LogP contribution in [0, 0.1) is 6.92 Å². The molecule has 2 aromatic carbocycles. The zero-order valence-electron chi connectivity index (χ0n) is 14.7. The van der Waals surface area contributed by atoms with Crippen LogP contribution in [0.4, 0.5) is 11.4 Å². The first-order valence-corrected chi connectivity index (χ1v) is 8.67. The van der Waals surface area contributed by atoms with E-state index in [2.05, 4.69) is 10.3 Å². The Bertz CT molecular complexity index is 1020. The number of oxazole rings is 1. The van der Waals surface area contributed by atoms with Crippen molar-refractivity contribution in [1.29, 1.82) is 0 Å². The quantitative estimate of drug-likeness (QED) is 0.782. The van der Waals surface area contributed by atoms with Gasteiger partial charge in [0.15, 0.2) is 11.5 Å². The van der Waals surface area contributed by atoms with Crippen molar-refractivity contribution in [2.45, 2.75) is 26.7 Å². The molecule has 0 saturated carbocycles. The maximum absolute atomic E-state index is 12.6. The third-order valence-electron chi connectivity index (χ3n) is 4.59.